The summed E-state index contributed by atoms with van der Waals surface area (Å²) in [4.78, 5) is 19.5. The second-order valence-corrected chi connectivity index (χ2v) is 11.6. The highest BCUT2D eigenvalue weighted by Gasteiger charge is 2.36. The predicted molar refractivity (Wildman–Crippen MR) is 167 cm³/mol. The normalized spacial score (nSPS) is 16.7. The van der Waals surface area contributed by atoms with Crippen LogP contribution in [-0.2, 0) is 4.79 Å². The van der Waals surface area contributed by atoms with Crippen LogP contribution in [0.1, 0.15) is 25.5 Å². The molecule has 0 bridgehead atoms. The van der Waals surface area contributed by atoms with Crippen LogP contribution in [0.5, 0.6) is 5.75 Å². The van der Waals surface area contributed by atoms with E-state index in [9.17, 15) is 9.90 Å². The molecule has 0 spiro atoms. The van der Waals surface area contributed by atoms with Gasteiger partial charge >= 0.3 is 0 Å². The van der Waals surface area contributed by atoms with Crippen molar-refractivity contribution in [3.63, 3.8) is 0 Å². The van der Waals surface area contributed by atoms with E-state index in [1.165, 1.54) is 5.69 Å². The molecule has 2 aromatic carbocycles. The first-order valence-electron chi connectivity index (χ1n) is 14.8. The van der Waals surface area contributed by atoms with Crippen LogP contribution in [-0.4, -0.2) is 83.6 Å². The number of anilines is 3. The Bertz CT molecular complexity index is 1570. The number of piperazine rings is 1. The topological polar surface area (TPSA) is 137 Å². The number of hydrogen-bond donors (Lipinski definition) is 3. The van der Waals surface area contributed by atoms with E-state index in [4.69, 9.17) is 10.3 Å². The van der Waals surface area contributed by atoms with Gasteiger partial charge in [0.2, 0.25) is 5.91 Å². The summed E-state index contributed by atoms with van der Waals surface area (Å²) >= 11 is 0. The number of carbonyl (C=O) groups excluding carboxylic acids is 1. The molecular weight excluding hydrogens is 544 g/mol. The van der Waals surface area contributed by atoms with Crippen LogP contribution in [0.25, 0.3) is 22.4 Å². The van der Waals surface area contributed by atoms with E-state index in [1.54, 1.807) is 19.2 Å². The van der Waals surface area contributed by atoms with Gasteiger partial charge in [0.15, 0.2) is 17.4 Å². The number of phenolic OH excluding ortho intramolecular Hbond substituents is 1. The van der Waals surface area contributed by atoms with E-state index < -0.39 is 0 Å². The van der Waals surface area contributed by atoms with Crippen LogP contribution >= 0.6 is 0 Å². The molecule has 1 amide bonds. The molecule has 224 valence electrons. The van der Waals surface area contributed by atoms with Gasteiger partial charge in [-0.1, -0.05) is 43.3 Å². The summed E-state index contributed by atoms with van der Waals surface area (Å²) in [6.45, 7) is 9.69. The standard InChI is InChI=1S/C32H38N8O3/c1-20(2)30(32(42)34-3)28-17-29(37-43-28)40-18-23(19-40)39-14-12-38(13-15-39)22-10-8-21(9-11-22)25-16-26(35-36-31(25)33)24-6-4-5-7-27(24)41/h4-11,16-17,20,23,30,41H,12-15,18-19H2,1-3H3,(H2,33,36)(H,34,42). The zero-order valence-corrected chi connectivity index (χ0v) is 24.8. The number of aromatic nitrogens is 3. The number of amides is 1. The summed E-state index contributed by atoms with van der Waals surface area (Å²) in [5.74, 6) is 1.65. The number of nitrogens with zero attached hydrogens (tertiary/aromatic N) is 6. The van der Waals surface area contributed by atoms with Crippen molar-refractivity contribution in [3.8, 4) is 28.1 Å². The van der Waals surface area contributed by atoms with Crippen molar-refractivity contribution in [2.24, 2.45) is 5.92 Å². The van der Waals surface area contributed by atoms with Crippen molar-refractivity contribution in [1.29, 1.82) is 0 Å². The zero-order chi connectivity index (χ0) is 30.1. The lowest BCUT2D eigenvalue weighted by Gasteiger charge is -2.48. The lowest BCUT2D eigenvalue weighted by Crippen LogP contribution is -2.63. The van der Waals surface area contributed by atoms with Crippen molar-refractivity contribution in [1.82, 2.24) is 25.6 Å². The Morgan fingerprint density at radius 2 is 1.70 bits per heavy atom. The van der Waals surface area contributed by atoms with Crippen LogP contribution in [0.2, 0.25) is 0 Å². The summed E-state index contributed by atoms with van der Waals surface area (Å²) < 4.78 is 5.59. The van der Waals surface area contributed by atoms with Gasteiger partial charge in [0, 0.05) is 75.2 Å². The van der Waals surface area contributed by atoms with Gasteiger partial charge in [0.25, 0.3) is 0 Å². The summed E-state index contributed by atoms with van der Waals surface area (Å²) in [5.41, 5.74) is 10.3. The summed E-state index contributed by atoms with van der Waals surface area (Å²) in [6.07, 6.45) is 0. The Morgan fingerprint density at radius 1 is 0.977 bits per heavy atom. The molecule has 11 heteroatoms. The van der Waals surface area contributed by atoms with Gasteiger partial charge in [-0.3, -0.25) is 9.69 Å². The van der Waals surface area contributed by atoms with E-state index in [0.29, 0.717) is 28.9 Å². The number of rotatable bonds is 8. The van der Waals surface area contributed by atoms with E-state index in [2.05, 4.69) is 59.6 Å². The first-order valence-corrected chi connectivity index (χ1v) is 14.8. The van der Waals surface area contributed by atoms with E-state index in [0.717, 1.165) is 56.2 Å². The summed E-state index contributed by atoms with van der Waals surface area (Å²) in [7, 11) is 1.65. The highest BCUT2D eigenvalue weighted by molar-refractivity contribution is 5.83. The molecule has 2 aromatic heterocycles. The van der Waals surface area contributed by atoms with Crippen LogP contribution in [0, 0.1) is 5.92 Å². The average molecular weight is 583 g/mol. The van der Waals surface area contributed by atoms with Gasteiger partial charge in [-0.2, -0.15) is 0 Å². The molecule has 2 fully saturated rings. The molecule has 2 aliphatic rings. The molecule has 2 saturated heterocycles. The van der Waals surface area contributed by atoms with Crippen molar-refractivity contribution in [3.05, 3.63) is 66.4 Å². The van der Waals surface area contributed by atoms with Crippen molar-refractivity contribution < 1.29 is 14.4 Å². The molecule has 43 heavy (non-hydrogen) atoms. The van der Waals surface area contributed by atoms with Crippen LogP contribution in [0.15, 0.2) is 65.2 Å². The number of nitrogen functional groups attached to an aromatic ring is 1. The predicted octanol–water partition coefficient (Wildman–Crippen LogP) is 3.58. The monoisotopic (exact) mass is 582 g/mol. The Kier molecular flexibility index (Phi) is 7.90. The molecular formula is C32H38N8O3. The fraction of sp³-hybridized carbons (Fsp3) is 0.375. The first kappa shape index (κ1) is 28.5. The molecule has 0 saturated carbocycles. The molecule has 11 nitrogen and oxygen atoms in total. The van der Waals surface area contributed by atoms with Gasteiger partial charge in [0.1, 0.15) is 11.7 Å². The Morgan fingerprint density at radius 3 is 2.37 bits per heavy atom. The van der Waals surface area contributed by atoms with Crippen molar-refractivity contribution in [2.45, 2.75) is 25.8 Å². The quantitative estimate of drug-likeness (QED) is 0.283. The fourth-order valence-electron chi connectivity index (χ4n) is 6.02. The van der Waals surface area contributed by atoms with Crippen LogP contribution in [0.4, 0.5) is 17.3 Å². The lowest BCUT2D eigenvalue weighted by molar-refractivity contribution is -0.123. The van der Waals surface area contributed by atoms with Gasteiger partial charge in [0.05, 0.1) is 5.69 Å². The molecule has 2 aliphatic heterocycles. The van der Waals surface area contributed by atoms with Gasteiger partial charge in [-0.05, 0) is 41.8 Å². The third-order valence-corrected chi connectivity index (χ3v) is 8.58. The minimum Gasteiger partial charge on any atom is -0.507 e. The van der Waals surface area contributed by atoms with Gasteiger partial charge in [-0.25, -0.2) is 0 Å². The third kappa shape index (κ3) is 5.72. The SMILES string of the molecule is CNC(=O)C(c1cc(N2CC(N3CCN(c4ccc(-c5cc(-c6ccccc6O)nnc5N)cc4)CC3)C2)no1)C(C)C. The smallest absolute Gasteiger partial charge is 0.230 e. The van der Waals surface area contributed by atoms with E-state index in [1.807, 2.05) is 38.1 Å². The molecule has 4 aromatic rings. The number of phenols is 1. The van der Waals surface area contributed by atoms with Gasteiger partial charge in [-0.15, -0.1) is 10.2 Å². The molecule has 1 unspecified atom stereocenters. The number of hydrogen-bond acceptors (Lipinski definition) is 10. The highest BCUT2D eigenvalue weighted by atomic mass is 16.5. The number of nitrogens with two attached hydrogens (primary N) is 1. The Hall–Kier alpha value is -4.64. The maximum atomic E-state index is 12.3. The minimum absolute atomic E-state index is 0.0523. The third-order valence-electron chi connectivity index (χ3n) is 8.58. The van der Waals surface area contributed by atoms with E-state index >= 15 is 0 Å². The van der Waals surface area contributed by atoms with Crippen molar-refractivity contribution in [2.75, 3.05) is 61.8 Å². The fourth-order valence-corrected chi connectivity index (χ4v) is 6.02. The molecule has 4 N–H and O–H groups in total. The van der Waals surface area contributed by atoms with E-state index in [-0.39, 0.29) is 23.5 Å². The van der Waals surface area contributed by atoms with Crippen molar-refractivity contribution >= 4 is 23.2 Å². The highest BCUT2D eigenvalue weighted by Crippen LogP contribution is 2.34. The maximum absolute atomic E-state index is 12.3. The lowest BCUT2D eigenvalue weighted by atomic mass is 9.92. The molecule has 0 radical (unpaired) electrons. The largest absolute Gasteiger partial charge is 0.507 e. The maximum Gasteiger partial charge on any atom is 0.230 e. The summed E-state index contributed by atoms with van der Waals surface area (Å²) in [6, 6.07) is 19.7. The average Bonchev–Trinajstić information content (AvgIpc) is 3.46. The number of para-hydroxylation sites is 1. The molecule has 6 rings (SSSR count). The number of aromatic hydroxyl groups is 1. The first-order chi connectivity index (χ1) is 20.8. The number of carbonyl (C=O) groups is 1. The Balaban J connectivity index is 1.04. The Labute approximate surface area is 251 Å². The van der Waals surface area contributed by atoms with Crippen LogP contribution in [0.3, 0.4) is 0 Å². The number of benzene rings is 2. The zero-order valence-electron chi connectivity index (χ0n) is 24.8. The molecule has 1 atom stereocenters. The second kappa shape index (κ2) is 11.9. The molecule has 4 heterocycles. The number of nitrogens with one attached hydrogen (secondary N) is 1. The van der Waals surface area contributed by atoms with Gasteiger partial charge < -0.3 is 30.5 Å². The summed E-state index contributed by atoms with van der Waals surface area (Å²) in [5, 5.41) is 25.6. The second-order valence-electron chi connectivity index (χ2n) is 11.6. The van der Waals surface area contributed by atoms with Crippen LogP contribution < -0.4 is 20.9 Å². The molecule has 0 aliphatic carbocycles. The number of likely N-dealkylation sites (N-methyl/N-ethyl adjacent to an activating group) is 1. The minimum atomic E-state index is -0.342.